The van der Waals surface area contributed by atoms with Gasteiger partial charge in [0.2, 0.25) is 0 Å². The van der Waals surface area contributed by atoms with Crippen LogP contribution in [0.4, 0.5) is 0 Å². The molecule has 1 aliphatic rings. The van der Waals surface area contributed by atoms with Crippen molar-refractivity contribution in [2.24, 2.45) is 11.8 Å². The average Bonchev–Trinajstić information content (AvgIpc) is 2.95. The Bertz CT molecular complexity index is 1160. The number of cyclic esters (lactones) is 1. The predicted octanol–water partition coefficient (Wildman–Crippen LogP) is 5.91. The number of hydrogen-bond donors (Lipinski definition) is 2. The Morgan fingerprint density at radius 3 is 2.15 bits per heavy atom. The smallest absolute Gasteiger partial charge is 0.311 e. The minimum absolute atomic E-state index is 0.0675. The molecule has 6 heteroatoms. The second kappa shape index (κ2) is 15.2. The summed E-state index contributed by atoms with van der Waals surface area (Å²) in [6, 6.07) is 19.5. The fourth-order valence-electron chi connectivity index (χ4n) is 4.91. The molecule has 0 aliphatic carbocycles. The standard InChI is InChI=1S/C34H44O6/c1-6-29-24(2)14-13-19-30(38-22-27-15-9-7-10-16-27)25(3)21-34(5,37)32(35)20-31(26(4)33(36)40-29)39-23-28-17-11-8-12-18-28/h7-12,15-19,25-26,29-32,35,37H,6,20-23H2,1-5H3/t25-,26-,29-,30-,31+,32+,34-/m1/s1. The number of benzene rings is 2. The number of ether oxygens (including phenoxy) is 3. The molecule has 6 nitrogen and oxygen atoms in total. The van der Waals surface area contributed by atoms with Crippen molar-refractivity contribution in [3.05, 3.63) is 94.9 Å². The first-order valence-corrected chi connectivity index (χ1v) is 14.2. The number of rotatable bonds is 7. The maximum atomic E-state index is 13.2. The quantitative estimate of drug-likeness (QED) is 0.330. The molecule has 7 atom stereocenters. The maximum absolute atomic E-state index is 13.2. The highest BCUT2D eigenvalue weighted by Crippen LogP contribution is 2.30. The normalized spacial score (nSPS) is 30.2. The molecule has 0 unspecified atom stereocenters. The number of hydrogen-bond acceptors (Lipinski definition) is 6. The zero-order valence-corrected chi connectivity index (χ0v) is 24.4. The van der Waals surface area contributed by atoms with Crippen LogP contribution in [0.25, 0.3) is 0 Å². The third kappa shape index (κ3) is 9.31. The van der Waals surface area contributed by atoms with E-state index in [2.05, 4.69) is 11.5 Å². The van der Waals surface area contributed by atoms with Crippen LogP contribution in [0, 0.1) is 11.8 Å². The van der Waals surface area contributed by atoms with E-state index in [0.717, 1.165) is 16.7 Å². The van der Waals surface area contributed by atoms with E-state index in [1.54, 1.807) is 19.9 Å². The molecule has 0 fully saturated rings. The lowest BCUT2D eigenvalue weighted by Crippen LogP contribution is -2.46. The van der Waals surface area contributed by atoms with Crippen LogP contribution < -0.4 is 0 Å². The zero-order chi connectivity index (χ0) is 29.1. The first-order valence-electron chi connectivity index (χ1n) is 14.2. The fraction of sp³-hybridized carbons (Fsp3) is 0.500. The number of carbonyl (C=O) groups is 1. The largest absolute Gasteiger partial charge is 0.457 e. The Morgan fingerprint density at radius 2 is 1.57 bits per heavy atom. The Hall–Kier alpha value is -2.95. The minimum Gasteiger partial charge on any atom is -0.457 e. The molecule has 2 aromatic carbocycles. The Balaban J connectivity index is 1.92. The monoisotopic (exact) mass is 548 g/mol. The summed E-state index contributed by atoms with van der Waals surface area (Å²) in [5.41, 5.74) is 7.51. The second-order valence-corrected chi connectivity index (χ2v) is 11.1. The van der Waals surface area contributed by atoms with Crippen molar-refractivity contribution in [1.29, 1.82) is 0 Å². The van der Waals surface area contributed by atoms with E-state index in [4.69, 9.17) is 14.2 Å². The molecule has 216 valence electrons. The van der Waals surface area contributed by atoms with Gasteiger partial charge in [0, 0.05) is 12.0 Å². The highest BCUT2D eigenvalue weighted by atomic mass is 16.5. The zero-order valence-electron chi connectivity index (χ0n) is 24.4. The molecular weight excluding hydrogens is 504 g/mol. The summed E-state index contributed by atoms with van der Waals surface area (Å²) in [4.78, 5) is 13.2. The van der Waals surface area contributed by atoms with Crippen molar-refractivity contribution < 1.29 is 29.2 Å². The summed E-state index contributed by atoms with van der Waals surface area (Å²) in [6.45, 7) is 9.83. The lowest BCUT2D eigenvalue weighted by atomic mass is 9.82. The van der Waals surface area contributed by atoms with E-state index >= 15 is 0 Å². The number of esters is 1. The molecule has 0 spiro atoms. The molecule has 0 saturated carbocycles. The summed E-state index contributed by atoms with van der Waals surface area (Å²) >= 11 is 0. The first-order chi connectivity index (χ1) is 19.1. The van der Waals surface area contributed by atoms with Crippen molar-refractivity contribution in [1.82, 2.24) is 0 Å². The Kier molecular flexibility index (Phi) is 12.0. The number of carbonyl (C=O) groups excluding carboxylic acids is 1. The van der Waals surface area contributed by atoms with Gasteiger partial charge in [-0.3, -0.25) is 4.79 Å². The van der Waals surface area contributed by atoms with Crippen LogP contribution in [0.3, 0.4) is 0 Å². The highest BCUT2D eigenvalue weighted by Gasteiger charge is 2.39. The summed E-state index contributed by atoms with van der Waals surface area (Å²) in [6.07, 6.45) is 0.0236. The van der Waals surface area contributed by atoms with Gasteiger partial charge in [0.15, 0.2) is 0 Å². The molecule has 2 aromatic rings. The molecule has 2 N–H and O–H groups in total. The van der Waals surface area contributed by atoms with E-state index in [0.29, 0.717) is 13.0 Å². The van der Waals surface area contributed by atoms with Gasteiger partial charge in [0.1, 0.15) is 6.10 Å². The van der Waals surface area contributed by atoms with Crippen LogP contribution in [-0.2, 0) is 32.2 Å². The summed E-state index contributed by atoms with van der Waals surface area (Å²) in [5, 5.41) is 22.7. The van der Waals surface area contributed by atoms with Gasteiger partial charge in [-0.25, -0.2) is 0 Å². The van der Waals surface area contributed by atoms with Gasteiger partial charge >= 0.3 is 5.97 Å². The van der Waals surface area contributed by atoms with Gasteiger partial charge in [-0.05, 0) is 56.7 Å². The SMILES string of the molecule is CC[C@H]1OC(=O)[C@H](C)[C@@H](OCc2ccccc2)C[C@H](O)[C@](C)(O)C[C@@H](C)[C@H](OCc2ccccc2)C=C=C=C1C. The molecule has 3 rings (SSSR count). The van der Waals surface area contributed by atoms with Crippen molar-refractivity contribution in [3.63, 3.8) is 0 Å². The van der Waals surface area contributed by atoms with Crippen LogP contribution in [0.5, 0.6) is 0 Å². The van der Waals surface area contributed by atoms with Gasteiger partial charge in [0.25, 0.3) is 0 Å². The van der Waals surface area contributed by atoms with Crippen LogP contribution in [0.1, 0.15) is 65.0 Å². The van der Waals surface area contributed by atoms with Gasteiger partial charge in [-0.1, -0.05) is 86.0 Å². The molecule has 0 saturated heterocycles. The van der Waals surface area contributed by atoms with Crippen molar-refractivity contribution in [2.75, 3.05) is 0 Å². The van der Waals surface area contributed by atoms with E-state index in [9.17, 15) is 15.0 Å². The topological polar surface area (TPSA) is 85.2 Å². The summed E-state index contributed by atoms with van der Waals surface area (Å²) < 4.78 is 18.3. The molecule has 0 aromatic heterocycles. The van der Waals surface area contributed by atoms with E-state index in [1.807, 2.05) is 81.4 Å². The molecule has 0 bridgehead atoms. The summed E-state index contributed by atoms with van der Waals surface area (Å²) in [7, 11) is 0. The Labute approximate surface area is 239 Å². The Morgan fingerprint density at radius 1 is 1.00 bits per heavy atom. The molecule has 1 aliphatic heterocycles. The summed E-state index contributed by atoms with van der Waals surface area (Å²) in [5.74, 6) is -1.25. The average molecular weight is 549 g/mol. The van der Waals surface area contributed by atoms with E-state index < -0.39 is 41.9 Å². The van der Waals surface area contributed by atoms with E-state index in [1.165, 1.54) is 0 Å². The first kappa shape index (κ1) is 31.6. The molecule has 40 heavy (non-hydrogen) atoms. The second-order valence-electron chi connectivity index (χ2n) is 11.1. The van der Waals surface area contributed by atoms with E-state index in [-0.39, 0.29) is 25.4 Å². The van der Waals surface area contributed by atoms with Gasteiger partial charge in [-0.2, -0.15) is 0 Å². The molecule has 0 amide bonds. The lowest BCUT2D eigenvalue weighted by molar-refractivity contribution is -0.161. The predicted molar refractivity (Wildman–Crippen MR) is 155 cm³/mol. The third-order valence-corrected chi connectivity index (χ3v) is 7.62. The molecular formula is C34H44O6. The van der Waals surface area contributed by atoms with Gasteiger partial charge in [0.05, 0.1) is 43.0 Å². The highest BCUT2D eigenvalue weighted by molar-refractivity contribution is 5.73. The number of aliphatic hydroxyl groups is 2. The van der Waals surface area contributed by atoms with Crippen molar-refractivity contribution >= 4 is 5.97 Å². The van der Waals surface area contributed by atoms with Gasteiger partial charge < -0.3 is 24.4 Å². The molecule has 0 radical (unpaired) electrons. The van der Waals surface area contributed by atoms with Crippen molar-refractivity contribution in [2.45, 2.75) is 97.1 Å². The molecule has 1 heterocycles. The third-order valence-electron chi connectivity index (χ3n) is 7.62. The van der Waals surface area contributed by atoms with Crippen LogP contribution in [-0.4, -0.2) is 46.2 Å². The van der Waals surface area contributed by atoms with Crippen LogP contribution >= 0.6 is 0 Å². The minimum atomic E-state index is -1.46. The fourth-order valence-corrected chi connectivity index (χ4v) is 4.91. The number of aliphatic hydroxyl groups excluding tert-OH is 1. The maximum Gasteiger partial charge on any atom is 0.311 e. The van der Waals surface area contributed by atoms with Crippen molar-refractivity contribution in [3.8, 4) is 0 Å². The lowest BCUT2D eigenvalue weighted by Gasteiger charge is -2.36. The van der Waals surface area contributed by atoms with Crippen LogP contribution in [0.2, 0.25) is 0 Å². The van der Waals surface area contributed by atoms with Gasteiger partial charge in [-0.15, -0.1) is 0 Å². The van der Waals surface area contributed by atoms with Crippen LogP contribution in [0.15, 0.2) is 83.8 Å².